The van der Waals surface area contributed by atoms with Crippen molar-refractivity contribution < 1.29 is 4.74 Å². The van der Waals surface area contributed by atoms with Crippen LogP contribution in [0.5, 0.6) is 0 Å². The molecule has 0 saturated carbocycles. The monoisotopic (exact) mass is 155 g/mol. The highest BCUT2D eigenvalue weighted by atomic mass is 16.5. The molecule has 0 rings (SSSR count). The summed E-state index contributed by atoms with van der Waals surface area (Å²) in [7, 11) is 0. The van der Waals surface area contributed by atoms with Crippen molar-refractivity contribution in [2.45, 2.75) is 32.6 Å². The standard InChI is InChI=1S/C10H19O/c1-4-11-9-7-5-6-8-10(2)3/h1-2,4-9H2,3H3. The normalized spacial score (nSPS) is 10.0. The predicted molar refractivity (Wildman–Crippen MR) is 49.5 cm³/mol. The Labute approximate surface area is 70.4 Å². The van der Waals surface area contributed by atoms with Gasteiger partial charge in [0.2, 0.25) is 0 Å². The molecule has 0 aromatic heterocycles. The molecule has 0 aliphatic heterocycles. The fourth-order valence-electron chi connectivity index (χ4n) is 0.910. The molecule has 0 atom stereocenters. The highest BCUT2D eigenvalue weighted by Gasteiger charge is 1.89. The van der Waals surface area contributed by atoms with Crippen LogP contribution in [0, 0.1) is 6.92 Å². The summed E-state index contributed by atoms with van der Waals surface area (Å²) in [5.41, 5.74) is 1.28. The lowest BCUT2D eigenvalue weighted by atomic mass is 10.1. The smallest absolute Gasteiger partial charge is 0.0466 e. The van der Waals surface area contributed by atoms with Gasteiger partial charge in [-0.05, 0) is 33.1 Å². The van der Waals surface area contributed by atoms with Gasteiger partial charge < -0.3 is 4.74 Å². The van der Waals surface area contributed by atoms with Crippen LogP contribution in [0.4, 0.5) is 0 Å². The van der Waals surface area contributed by atoms with E-state index in [4.69, 9.17) is 4.74 Å². The Morgan fingerprint density at radius 3 is 2.55 bits per heavy atom. The molecule has 0 aliphatic carbocycles. The molecule has 0 spiro atoms. The zero-order valence-electron chi connectivity index (χ0n) is 7.57. The minimum Gasteiger partial charge on any atom is -0.381 e. The second-order valence-corrected chi connectivity index (χ2v) is 2.88. The van der Waals surface area contributed by atoms with Crippen LogP contribution in [0.2, 0.25) is 0 Å². The zero-order valence-corrected chi connectivity index (χ0v) is 7.57. The van der Waals surface area contributed by atoms with Crippen LogP contribution in [-0.2, 0) is 4.74 Å². The Morgan fingerprint density at radius 1 is 1.27 bits per heavy atom. The molecule has 0 fully saturated rings. The van der Waals surface area contributed by atoms with Gasteiger partial charge in [0, 0.05) is 13.2 Å². The maximum absolute atomic E-state index is 5.11. The summed E-state index contributed by atoms with van der Waals surface area (Å²) >= 11 is 0. The van der Waals surface area contributed by atoms with Crippen molar-refractivity contribution in [1.29, 1.82) is 0 Å². The summed E-state index contributed by atoms with van der Waals surface area (Å²) in [6.45, 7) is 11.0. The molecular weight excluding hydrogens is 136 g/mol. The molecule has 0 amide bonds. The number of rotatable bonds is 7. The molecule has 0 saturated heterocycles. The number of hydrogen-bond donors (Lipinski definition) is 0. The average Bonchev–Trinajstić information content (AvgIpc) is 1.96. The summed E-state index contributed by atoms with van der Waals surface area (Å²) < 4.78 is 5.11. The van der Waals surface area contributed by atoms with Crippen molar-refractivity contribution in [3.8, 4) is 0 Å². The third-order valence-electron chi connectivity index (χ3n) is 1.54. The van der Waals surface area contributed by atoms with Gasteiger partial charge in [0.1, 0.15) is 0 Å². The first-order valence-electron chi connectivity index (χ1n) is 4.28. The second-order valence-electron chi connectivity index (χ2n) is 2.88. The maximum atomic E-state index is 5.11. The average molecular weight is 155 g/mol. The molecule has 11 heavy (non-hydrogen) atoms. The van der Waals surface area contributed by atoms with Crippen molar-refractivity contribution in [1.82, 2.24) is 0 Å². The first-order chi connectivity index (χ1) is 5.27. The highest BCUT2D eigenvalue weighted by molar-refractivity contribution is 4.86. The van der Waals surface area contributed by atoms with Crippen molar-refractivity contribution in [3.63, 3.8) is 0 Å². The third-order valence-corrected chi connectivity index (χ3v) is 1.54. The molecule has 0 unspecified atom stereocenters. The van der Waals surface area contributed by atoms with Gasteiger partial charge in [0.25, 0.3) is 0 Å². The largest absolute Gasteiger partial charge is 0.381 e. The van der Waals surface area contributed by atoms with Crippen LogP contribution in [0.15, 0.2) is 12.2 Å². The Hall–Kier alpha value is -0.300. The minimum absolute atomic E-state index is 0.598. The van der Waals surface area contributed by atoms with Gasteiger partial charge in [-0.15, -0.1) is 6.58 Å². The van der Waals surface area contributed by atoms with E-state index in [2.05, 4.69) is 20.4 Å². The molecule has 0 N–H and O–H groups in total. The van der Waals surface area contributed by atoms with E-state index < -0.39 is 0 Å². The van der Waals surface area contributed by atoms with Crippen LogP contribution in [-0.4, -0.2) is 13.2 Å². The molecule has 0 aromatic carbocycles. The molecule has 0 heterocycles. The third kappa shape index (κ3) is 9.70. The van der Waals surface area contributed by atoms with E-state index in [-0.39, 0.29) is 0 Å². The van der Waals surface area contributed by atoms with Gasteiger partial charge in [-0.3, -0.25) is 0 Å². The minimum atomic E-state index is 0.598. The number of unbranched alkanes of at least 4 members (excludes halogenated alkanes) is 2. The van der Waals surface area contributed by atoms with Crippen molar-refractivity contribution in [2.24, 2.45) is 0 Å². The number of ether oxygens (including phenoxy) is 1. The van der Waals surface area contributed by atoms with Gasteiger partial charge in [-0.1, -0.05) is 12.0 Å². The molecular formula is C10H19O. The van der Waals surface area contributed by atoms with E-state index in [1.807, 2.05) is 0 Å². The zero-order chi connectivity index (χ0) is 8.53. The highest BCUT2D eigenvalue weighted by Crippen LogP contribution is 2.05. The van der Waals surface area contributed by atoms with Crippen molar-refractivity contribution >= 4 is 0 Å². The fourth-order valence-corrected chi connectivity index (χ4v) is 0.910. The van der Waals surface area contributed by atoms with Crippen molar-refractivity contribution in [3.05, 3.63) is 19.1 Å². The SMILES string of the molecule is [CH2]COCCCCCC(=C)C. The summed E-state index contributed by atoms with van der Waals surface area (Å²) in [6, 6.07) is 0. The molecule has 1 nitrogen and oxygen atoms in total. The molecule has 65 valence electrons. The van der Waals surface area contributed by atoms with Crippen molar-refractivity contribution in [2.75, 3.05) is 13.2 Å². The van der Waals surface area contributed by atoms with Gasteiger partial charge in [0.05, 0.1) is 0 Å². The number of hydrogen-bond acceptors (Lipinski definition) is 1. The van der Waals surface area contributed by atoms with Crippen LogP contribution < -0.4 is 0 Å². The summed E-state index contributed by atoms with van der Waals surface area (Å²) in [6.07, 6.45) is 4.80. The van der Waals surface area contributed by atoms with Gasteiger partial charge in [-0.25, -0.2) is 0 Å². The summed E-state index contributed by atoms with van der Waals surface area (Å²) in [5.74, 6) is 0. The van der Waals surface area contributed by atoms with Crippen LogP contribution in [0.1, 0.15) is 32.6 Å². The Bertz CT molecular complexity index is 97.0. The van der Waals surface area contributed by atoms with Crippen LogP contribution >= 0.6 is 0 Å². The summed E-state index contributed by atoms with van der Waals surface area (Å²) in [5, 5.41) is 0. The predicted octanol–water partition coefficient (Wildman–Crippen LogP) is 2.97. The van der Waals surface area contributed by atoms with E-state index in [9.17, 15) is 0 Å². The van der Waals surface area contributed by atoms with E-state index in [1.165, 1.54) is 18.4 Å². The quantitative estimate of drug-likeness (QED) is 0.405. The topological polar surface area (TPSA) is 9.23 Å². The van der Waals surface area contributed by atoms with E-state index in [1.54, 1.807) is 0 Å². The molecule has 0 aromatic rings. The Balaban J connectivity index is 2.85. The first-order valence-corrected chi connectivity index (χ1v) is 4.28. The van der Waals surface area contributed by atoms with Gasteiger partial charge in [-0.2, -0.15) is 0 Å². The second kappa shape index (κ2) is 7.80. The number of allylic oxidation sites excluding steroid dienone is 1. The molecule has 1 radical (unpaired) electrons. The van der Waals surface area contributed by atoms with E-state index in [0.29, 0.717) is 6.61 Å². The molecule has 0 bridgehead atoms. The van der Waals surface area contributed by atoms with Gasteiger partial charge in [0.15, 0.2) is 0 Å². The van der Waals surface area contributed by atoms with Crippen LogP contribution in [0.3, 0.4) is 0 Å². The van der Waals surface area contributed by atoms with Crippen LogP contribution in [0.25, 0.3) is 0 Å². The van der Waals surface area contributed by atoms with E-state index in [0.717, 1.165) is 19.4 Å². The molecule has 1 heteroatoms. The summed E-state index contributed by atoms with van der Waals surface area (Å²) in [4.78, 5) is 0. The van der Waals surface area contributed by atoms with E-state index >= 15 is 0 Å². The first kappa shape index (κ1) is 10.7. The lowest BCUT2D eigenvalue weighted by Crippen LogP contribution is -1.93. The lowest BCUT2D eigenvalue weighted by Gasteiger charge is -2.00. The Kier molecular flexibility index (Phi) is 7.59. The fraction of sp³-hybridized carbons (Fsp3) is 0.700. The van der Waals surface area contributed by atoms with Gasteiger partial charge >= 0.3 is 0 Å². The molecule has 0 aliphatic rings. The lowest BCUT2D eigenvalue weighted by molar-refractivity contribution is 0.156. The maximum Gasteiger partial charge on any atom is 0.0466 e. The Morgan fingerprint density at radius 2 is 2.00 bits per heavy atom.